The van der Waals surface area contributed by atoms with E-state index in [9.17, 15) is 8.42 Å². The van der Waals surface area contributed by atoms with Crippen molar-refractivity contribution in [3.63, 3.8) is 0 Å². The van der Waals surface area contributed by atoms with Gasteiger partial charge in [-0.15, -0.1) is 0 Å². The zero-order valence-electron chi connectivity index (χ0n) is 10.9. The molecule has 1 fully saturated rings. The molecule has 1 saturated heterocycles. The second-order valence-corrected chi connectivity index (χ2v) is 6.33. The lowest BCUT2D eigenvalue weighted by Gasteiger charge is -2.25. The van der Waals surface area contributed by atoms with Crippen molar-refractivity contribution in [2.24, 2.45) is 0 Å². The topological polar surface area (TPSA) is 85.8 Å². The van der Waals surface area contributed by atoms with Gasteiger partial charge in [0, 0.05) is 25.2 Å². The second-order valence-electron chi connectivity index (χ2n) is 4.42. The van der Waals surface area contributed by atoms with E-state index < -0.39 is 10.0 Å². The lowest BCUT2D eigenvalue weighted by molar-refractivity contribution is 0.0730. The molecule has 0 unspecified atom stereocenters. The minimum atomic E-state index is -3.57. The second kappa shape index (κ2) is 5.04. The monoisotopic (exact) mass is 298 g/mol. The van der Waals surface area contributed by atoms with Crippen molar-refractivity contribution in [1.29, 1.82) is 0 Å². The fraction of sp³-hybridized carbons (Fsp3) is 0.417. The van der Waals surface area contributed by atoms with Crippen LogP contribution in [0.5, 0.6) is 0 Å². The van der Waals surface area contributed by atoms with Crippen LogP contribution in [0, 0.1) is 6.92 Å². The van der Waals surface area contributed by atoms with Crippen LogP contribution in [0.3, 0.4) is 0 Å². The molecule has 0 atom stereocenters. The molecule has 2 aromatic rings. The van der Waals surface area contributed by atoms with Gasteiger partial charge in [0.15, 0.2) is 5.76 Å². The van der Waals surface area contributed by atoms with Crippen LogP contribution >= 0.6 is 0 Å². The summed E-state index contributed by atoms with van der Waals surface area (Å²) in [6, 6.07) is 3.09. The van der Waals surface area contributed by atoms with Crippen molar-refractivity contribution in [3.05, 3.63) is 24.1 Å². The van der Waals surface area contributed by atoms with E-state index in [1.54, 1.807) is 13.0 Å². The van der Waals surface area contributed by atoms with Gasteiger partial charge in [0.1, 0.15) is 10.7 Å². The summed E-state index contributed by atoms with van der Waals surface area (Å²) in [5, 5.41) is 3.58. The summed E-state index contributed by atoms with van der Waals surface area (Å²) in [5.74, 6) is 1.09. The Kier molecular flexibility index (Phi) is 3.36. The lowest BCUT2D eigenvalue weighted by Crippen LogP contribution is -2.40. The largest absolute Gasteiger partial charge is 0.457 e. The van der Waals surface area contributed by atoms with E-state index in [1.807, 2.05) is 0 Å². The van der Waals surface area contributed by atoms with Crippen molar-refractivity contribution < 1.29 is 22.1 Å². The van der Waals surface area contributed by atoms with Crippen molar-refractivity contribution in [2.45, 2.75) is 11.8 Å². The number of morpholine rings is 1. The number of hydrogen-bond acceptors (Lipinski definition) is 6. The van der Waals surface area contributed by atoms with Crippen LogP contribution in [0.15, 0.2) is 32.2 Å². The highest BCUT2D eigenvalue weighted by Gasteiger charge is 2.30. The van der Waals surface area contributed by atoms with Crippen LogP contribution in [-0.4, -0.2) is 44.2 Å². The molecule has 20 heavy (non-hydrogen) atoms. The zero-order chi connectivity index (χ0) is 14.2. The van der Waals surface area contributed by atoms with Crippen LogP contribution in [0.25, 0.3) is 11.5 Å². The third kappa shape index (κ3) is 2.26. The molecular weight excluding hydrogens is 284 g/mol. The molecule has 1 aliphatic rings. The van der Waals surface area contributed by atoms with Crippen molar-refractivity contribution in [3.8, 4) is 11.5 Å². The number of aryl methyl sites for hydroxylation is 1. The summed E-state index contributed by atoms with van der Waals surface area (Å²) in [6.07, 6.45) is 1.48. The highest BCUT2D eigenvalue weighted by atomic mass is 32.2. The molecule has 0 aromatic carbocycles. The van der Waals surface area contributed by atoms with Crippen LogP contribution in [0.4, 0.5) is 0 Å². The first-order valence-electron chi connectivity index (χ1n) is 6.18. The van der Waals surface area contributed by atoms with Gasteiger partial charge < -0.3 is 13.7 Å². The number of sulfonamides is 1. The first-order valence-corrected chi connectivity index (χ1v) is 7.62. The fourth-order valence-electron chi connectivity index (χ4n) is 2.11. The maximum atomic E-state index is 12.6. The fourth-order valence-corrected chi connectivity index (χ4v) is 3.68. The van der Waals surface area contributed by atoms with Crippen LogP contribution in [-0.2, 0) is 14.8 Å². The Labute approximate surface area is 116 Å². The first kappa shape index (κ1) is 13.3. The van der Waals surface area contributed by atoms with Crippen LogP contribution in [0.1, 0.15) is 5.76 Å². The Morgan fingerprint density at radius 3 is 2.65 bits per heavy atom. The van der Waals surface area contributed by atoms with Crippen LogP contribution < -0.4 is 0 Å². The summed E-state index contributed by atoms with van der Waals surface area (Å²) < 4.78 is 42.1. The molecule has 0 saturated carbocycles. The minimum Gasteiger partial charge on any atom is -0.457 e. The molecule has 1 aliphatic heterocycles. The Morgan fingerprint density at radius 1 is 1.25 bits per heavy atom. The van der Waals surface area contributed by atoms with Gasteiger partial charge in [-0.2, -0.15) is 4.31 Å². The van der Waals surface area contributed by atoms with Crippen molar-refractivity contribution in [2.75, 3.05) is 26.3 Å². The van der Waals surface area contributed by atoms with E-state index in [0.29, 0.717) is 43.6 Å². The average molecular weight is 298 g/mol. The Hall–Kier alpha value is -1.64. The molecule has 0 bridgehead atoms. The van der Waals surface area contributed by atoms with Crippen molar-refractivity contribution >= 4 is 10.0 Å². The molecule has 8 heteroatoms. The summed E-state index contributed by atoms with van der Waals surface area (Å²) in [6.45, 7) is 3.14. The molecule has 7 nitrogen and oxygen atoms in total. The molecular formula is C12H14N2O5S. The summed E-state index contributed by atoms with van der Waals surface area (Å²) in [7, 11) is -3.57. The van der Waals surface area contributed by atoms with Crippen molar-refractivity contribution in [1.82, 2.24) is 9.46 Å². The van der Waals surface area contributed by atoms with Gasteiger partial charge in [0.25, 0.3) is 0 Å². The van der Waals surface area contributed by atoms with Gasteiger partial charge in [-0.1, -0.05) is 5.16 Å². The number of rotatable bonds is 3. The molecule has 0 aliphatic carbocycles. The number of furan rings is 1. The quantitative estimate of drug-likeness (QED) is 0.848. The number of ether oxygens (including phenoxy) is 1. The highest BCUT2D eigenvalue weighted by molar-refractivity contribution is 7.89. The standard InChI is InChI=1S/C12H14N2O5S/c1-9-12(8-11(18-9)10-2-3-13-19-10)20(15,16)14-4-6-17-7-5-14/h2-3,8H,4-7H2,1H3. The normalized spacial score (nSPS) is 17.4. The van der Waals surface area contributed by atoms with Gasteiger partial charge in [-0.25, -0.2) is 8.42 Å². The first-order chi connectivity index (χ1) is 9.59. The smallest absolute Gasteiger partial charge is 0.246 e. The number of hydrogen-bond donors (Lipinski definition) is 0. The SMILES string of the molecule is Cc1oc(-c2ccno2)cc1S(=O)(=O)N1CCOCC1. The zero-order valence-corrected chi connectivity index (χ0v) is 11.7. The number of nitrogens with zero attached hydrogens (tertiary/aromatic N) is 2. The van der Waals surface area contributed by atoms with Gasteiger partial charge in [-0.3, -0.25) is 0 Å². The van der Waals surface area contributed by atoms with E-state index in [4.69, 9.17) is 13.7 Å². The molecule has 0 radical (unpaired) electrons. The molecule has 3 heterocycles. The van der Waals surface area contributed by atoms with Gasteiger partial charge >= 0.3 is 0 Å². The van der Waals surface area contributed by atoms with E-state index in [0.717, 1.165) is 0 Å². The summed E-state index contributed by atoms with van der Waals surface area (Å²) >= 11 is 0. The molecule has 0 amide bonds. The summed E-state index contributed by atoms with van der Waals surface area (Å²) in [4.78, 5) is 0.158. The highest BCUT2D eigenvalue weighted by Crippen LogP contribution is 2.29. The Balaban J connectivity index is 1.97. The van der Waals surface area contributed by atoms with Gasteiger partial charge in [-0.05, 0) is 6.92 Å². The van der Waals surface area contributed by atoms with E-state index in [-0.39, 0.29) is 4.90 Å². The third-order valence-electron chi connectivity index (χ3n) is 3.14. The maximum absolute atomic E-state index is 12.6. The predicted molar refractivity (Wildman–Crippen MR) is 68.5 cm³/mol. The molecule has 0 N–H and O–H groups in total. The van der Waals surface area contributed by atoms with Gasteiger partial charge in [0.05, 0.1) is 19.4 Å². The van der Waals surface area contributed by atoms with E-state index >= 15 is 0 Å². The Morgan fingerprint density at radius 2 is 2.00 bits per heavy atom. The molecule has 0 spiro atoms. The number of aromatic nitrogens is 1. The van der Waals surface area contributed by atoms with Crippen LogP contribution in [0.2, 0.25) is 0 Å². The van der Waals surface area contributed by atoms with E-state index in [2.05, 4.69) is 5.16 Å². The predicted octanol–water partition coefficient (Wildman–Crippen LogP) is 1.26. The summed E-state index contributed by atoms with van der Waals surface area (Å²) in [5.41, 5.74) is 0. The third-order valence-corrected chi connectivity index (χ3v) is 5.15. The lowest BCUT2D eigenvalue weighted by atomic mass is 10.3. The molecule has 2 aromatic heterocycles. The maximum Gasteiger partial charge on any atom is 0.246 e. The molecule has 108 valence electrons. The van der Waals surface area contributed by atoms with Gasteiger partial charge in [0.2, 0.25) is 15.8 Å². The van der Waals surface area contributed by atoms with E-state index in [1.165, 1.54) is 16.6 Å². The average Bonchev–Trinajstić information content (AvgIpc) is 3.08. The molecule has 3 rings (SSSR count). The minimum absolute atomic E-state index is 0.158. The Bertz CT molecular complexity index is 684.